The summed E-state index contributed by atoms with van der Waals surface area (Å²) >= 11 is 0. The molecule has 0 radical (unpaired) electrons. The zero-order valence-corrected chi connectivity index (χ0v) is 33.8. The van der Waals surface area contributed by atoms with Crippen LogP contribution >= 0.6 is 0 Å². The lowest BCUT2D eigenvalue weighted by atomic mass is 9.33. The van der Waals surface area contributed by atoms with Gasteiger partial charge in [0, 0.05) is 5.54 Å². The molecule has 0 unspecified atom stereocenters. The smallest absolute Gasteiger partial charge is 0.312 e. The third-order valence-electron chi connectivity index (χ3n) is 18.6. The van der Waals surface area contributed by atoms with E-state index in [4.69, 9.17) is 0 Å². The highest BCUT2D eigenvalue weighted by Crippen LogP contribution is 2.76. The first-order valence-corrected chi connectivity index (χ1v) is 21.3. The Bertz CT molecular complexity index is 1500. The van der Waals surface area contributed by atoms with Crippen molar-refractivity contribution in [3.05, 3.63) is 35.5 Å². The van der Waals surface area contributed by atoms with Gasteiger partial charge in [-0.15, -0.1) is 0 Å². The molecule has 0 saturated heterocycles. The number of fused-ring (bicyclic) bond motifs is 7. The van der Waals surface area contributed by atoms with Gasteiger partial charge in [0.15, 0.2) is 0 Å². The van der Waals surface area contributed by atoms with Crippen molar-refractivity contribution in [2.24, 2.45) is 56.7 Å². The van der Waals surface area contributed by atoms with Crippen LogP contribution in [0.15, 0.2) is 35.5 Å². The molecule has 52 heavy (non-hydrogen) atoms. The molecule has 5 saturated carbocycles. The summed E-state index contributed by atoms with van der Waals surface area (Å²) in [6.07, 6.45) is 20.4. The van der Waals surface area contributed by atoms with E-state index in [1.165, 1.54) is 68.1 Å². The summed E-state index contributed by atoms with van der Waals surface area (Å²) < 4.78 is 14.0. The fourth-order valence-corrected chi connectivity index (χ4v) is 15.2. The van der Waals surface area contributed by atoms with E-state index in [9.17, 15) is 24.5 Å². The number of allylic oxidation sites excluding steroid dienone is 5. The van der Waals surface area contributed by atoms with Crippen LogP contribution in [-0.2, 0) is 4.79 Å². The molecule has 0 aromatic carbocycles. The van der Waals surface area contributed by atoms with Gasteiger partial charge in [-0.3, -0.25) is 4.79 Å². The van der Waals surface area contributed by atoms with Crippen molar-refractivity contribution >= 4 is 5.97 Å². The molecule has 7 aliphatic carbocycles. The molecular weight excluding hydrogens is 650 g/mol. The van der Waals surface area contributed by atoms with E-state index < -0.39 is 29.3 Å². The lowest BCUT2D eigenvalue weighted by molar-refractivity contribution is -0.221. The predicted molar refractivity (Wildman–Crippen MR) is 207 cm³/mol. The van der Waals surface area contributed by atoms with Gasteiger partial charge in [0.05, 0.1) is 16.6 Å². The van der Waals surface area contributed by atoms with E-state index in [0.717, 1.165) is 19.4 Å². The van der Waals surface area contributed by atoms with Gasteiger partial charge in [0.1, 0.15) is 6.67 Å². The molecule has 0 heterocycles. The van der Waals surface area contributed by atoms with Gasteiger partial charge >= 0.3 is 5.97 Å². The number of hydrogen-bond donors (Lipinski definition) is 4. The maximum atomic E-state index is 14.0. The highest BCUT2D eigenvalue weighted by atomic mass is 19.1. The Morgan fingerprint density at radius 1 is 0.846 bits per heavy atom. The number of aliphatic hydroxyl groups is 2. The van der Waals surface area contributed by atoms with Crippen molar-refractivity contribution in [2.45, 2.75) is 174 Å². The number of alkyl halides is 1. The molecule has 0 aromatic heterocycles. The SMILES string of the molecule is C=C(C)[C@@H]1CC[C@]2(NCC[C@]3(O)CC[C@@](C)(O)CC3)CC[C@]3(C)[C@H](CC[C@@H]4[C@@]5(C)CC=C(C6=CC[C@](CF)(C(=O)O)CC6)C(C)(C)[C@@H]5CC[C@]43C)[C@@H]12. The van der Waals surface area contributed by atoms with Crippen LogP contribution in [0.25, 0.3) is 0 Å². The lowest BCUT2D eigenvalue weighted by Gasteiger charge is -2.72. The summed E-state index contributed by atoms with van der Waals surface area (Å²) in [4.78, 5) is 12.0. The van der Waals surface area contributed by atoms with Crippen LogP contribution in [0.5, 0.6) is 0 Å². The van der Waals surface area contributed by atoms with E-state index in [-0.39, 0.29) is 33.6 Å². The number of aliphatic carboxylic acids is 1. The molecule has 5 nitrogen and oxygen atoms in total. The first-order valence-electron chi connectivity index (χ1n) is 21.3. The standard InChI is InChI=1S/C46H72FNO4/c1-30(2)32-13-20-46(48-28-27-45(52)24-21-40(5,51)22-25-45)26-23-42(7)34(37(32)46)9-10-36-41(6)16-14-33(39(3,4)35(41)15-17-43(36,42)8)31-11-18-44(29-47,19-12-31)38(49)50/h11,14,32,34-37,48,51-52H,1,9-10,12-13,15-29H2,2-8H3,(H,49,50)/t32-,34+,35-,36+,37+,40-,41-,42+,43+,44-,45+,46-/m0/s1. The summed E-state index contributed by atoms with van der Waals surface area (Å²) in [6.45, 7) is 21.8. The molecule has 0 spiro atoms. The average Bonchev–Trinajstić information content (AvgIpc) is 3.46. The molecule has 4 N–H and O–H groups in total. The van der Waals surface area contributed by atoms with Gasteiger partial charge in [0.2, 0.25) is 0 Å². The quantitative estimate of drug-likeness (QED) is 0.187. The number of carboxylic acids is 1. The van der Waals surface area contributed by atoms with Crippen molar-refractivity contribution in [3.63, 3.8) is 0 Å². The van der Waals surface area contributed by atoms with Crippen LogP contribution < -0.4 is 5.32 Å². The summed E-state index contributed by atoms with van der Waals surface area (Å²) in [7, 11) is 0. The van der Waals surface area contributed by atoms with Crippen LogP contribution in [-0.4, -0.2) is 51.2 Å². The maximum absolute atomic E-state index is 14.0. The van der Waals surface area contributed by atoms with Crippen molar-refractivity contribution < 1.29 is 24.5 Å². The second kappa shape index (κ2) is 12.8. The molecule has 0 aliphatic heterocycles. The maximum Gasteiger partial charge on any atom is 0.312 e. The predicted octanol–water partition coefficient (Wildman–Crippen LogP) is 10.1. The summed E-state index contributed by atoms with van der Waals surface area (Å²) in [5.41, 5.74) is 2.23. The van der Waals surface area contributed by atoms with E-state index >= 15 is 0 Å². The normalized spacial score (nSPS) is 49.8. The van der Waals surface area contributed by atoms with Crippen LogP contribution in [0, 0.1) is 56.7 Å². The van der Waals surface area contributed by atoms with Crippen LogP contribution in [0.3, 0.4) is 0 Å². The second-order valence-electron chi connectivity index (χ2n) is 21.4. The molecule has 10 atom stereocenters. The largest absolute Gasteiger partial charge is 0.481 e. The molecule has 292 valence electrons. The Balaban J connectivity index is 1.13. The minimum atomic E-state index is -1.26. The van der Waals surface area contributed by atoms with Gasteiger partial charge in [-0.2, -0.15) is 0 Å². The number of halogens is 1. The first-order chi connectivity index (χ1) is 24.2. The molecule has 0 bridgehead atoms. The fraction of sp³-hybridized carbons (Fsp3) is 0.848. The van der Waals surface area contributed by atoms with Crippen molar-refractivity contribution in [3.8, 4) is 0 Å². The Morgan fingerprint density at radius 2 is 1.56 bits per heavy atom. The third-order valence-corrected chi connectivity index (χ3v) is 18.6. The van der Waals surface area contributed by atoms with Gasteiger partial charge in [-0.05, 0) is 192 Å². The number of rotatable bonds is 8. The Morgan fingerprint density at radius 3 is 2.17 bits per heavy atom. The third kappa shape index (κ3) is 5.70. The number of hydrogen-bond acceptors (Lipinski definition) is 4. The zero-order valence-electron chi connectivity index (χ0n) is 33.8. The fourth-order valence-electron chi connectivity index (χ4n) is 15.2. The molecule has 7 aliphatic rings. The van der Waals surface area contributed by atoms with Gasteiger partial charge < -0.3 is 20.6 Å². The molecule has 0 aromatic rings. The van der Waals surface area contributed by atoms with Crippen molar-refractivity contribution in [1.29, 1.82) is 0 Å². The number of carboxylic acid groups (broad SMARTS) is 1. The van der Waals surface area contributed by atoms with Gasteiger partial charge in [0.25, 0.3) is 0 Å². The first kappa shape index (κ1) is 38.8. The minimum Gasteiger partial charge on any atom is -0.481 e. The molecule has 5 fully saturated rings. The second-order valence-corrected chi connectivity index (χ2v) is 21.4. The monoisotopic (exact) mass is 722 g/mol. The Labute approximate surface area is 314 Å². The summed E-state index contributed by atoms with van der Waals surface area (Å²) in [5.74, 6) is 1.96. The van der Waals surface area contributed by atoms with E-state index in [1.807, 2.05) is 6.92 Å². The Kier molecular flexibility index (Phi) is 9.52. The average molecular weight is 722 g/mol. The van der Waals surface area contributed by atoms with Gasteiger partial charge in [-0.25, -0.2) is 4.39 Å². The van der Waals surface area contributed by atoms with Crippen LogP contribution in [0.1, 0.15) is 158 Å². The minimum absolute atomic E-state index is 0.0167. The highest BCUT2D eigenvalue weighted by molar-refractivity contribution is 5.75. The van der Waals surface area contributed by atoms with E-state index in [2.05, 4.69) is 65.6 Å². The topological polar surface area (TPSA) is 89.8 Å². The van der Waals surface area contributed by atoms with E-state index in [0.29, 0.717) is 68.1 Å². The molecule has 6 heteroatoms. The Hall–Kier alpha value is -1.50. The highest BCUT2D eigenvalue weighted by Gasteiger charge is 2.70. The molecular formula is C46H72FNO4. The number of nitrogens with one attached hydrogen (secondary N) is 1. The van der Waals surface area contributed by atoms with Gasteiger partial charge in [-0.1, -0.05) is 58.9 Å². The van der Waals surface area contributed by atoms with E-state index in [1.54, 1.807) is 0 Å². The molecule has 7 rings (SSSR count). The van der Waals surface area contributed by atoms with Crippen LogP contribution in [0.4, 0.5) is 4.39 Å². The van der Waals surface area contributed by atoms with Crippen molar-refractivity contribution in [1.82, 2.24) is 5.32 Å². The number of carbonyl (C=O) groups is 1. The summed E-state index contributed by atoms with van der Waals surface area (Å²) in [6, 6.07) is 0. The zero-order chi connectivity index (χ0) is 37.8. The summed E-state index contributed by atoms with van der Waals surface area (Å²) in [5, 5.41) is 36.0. The molecule has 0 amide bonds. The van der Waals surface area contributed by atoms with Crippen molar-refractivity contribution in [2.75, 3.05) is 13.2 Å². The van der Waals surface area contributed by atoms with Crippen LogP contribution in [0.2, 0.25) is 0 Å². The lowest BCUT2D eigenvalue weighted by Crippen LogP contribution is -2.68.